The van der Waals surface area contributed by atoms with Crippen molar-refractivity contribution in [1.82, 2.24) is 4.31 Å². The summed E-state index contributed by atoms with van der Waals surface area (Å²) < 4.78 is 30.8. The molecule has 0 saturated heterocycles. The SMILES string of the molecule is C=CCN(CC(=O)OCC)S(=O)(=O)c1ccccc1C#N. The highest BCUT2D eigenvalue weighted by Gasteiger charge is 2.28. The molecule has 0 radical (unpaired) electrons. The van der Waals surface area contributed by atoms with Crippen molar-refractivity contribution in [2.45, 2.75) is 11.8 Å². The van der Waals surface area contributed by atoms with Crippen molar-refractivity contribution in [2.24, 2.45) is 0 Å². The lowest BCUT2D eigenvalue weighted by Gasteiger charge is -2.20. The number of carbonyl (C=O) groups excluding carboxylic acids is 1. The van der Waals surface area contributed by atoms with Crippen molar-refractivity contribution in [3.63, 3.8) is 0 Å². The second kappa shape index (κ2) is 7.57. The fraction of sp³-hybridized carbons (Fsp3) is 0.286. The number of benzene rings is 1. The molecule has 0 amide bonds. The molecule has 1 rings (SSSR count). The number of rotatable bonds is 7. The van der Waals surface area contributed by atoms with E-state index in [-0.39, 0.29) is 23.6 Å². The van der Waals surface area contributed by atoms with Crippen LogP contribution in [0.5, 0.6) is 0 Å². The van der Waals surface area contributed by atoms with Gasteiger partial charge in [0.15, 0.2) is 0 Å². The zero-order valence-corrected chi connectivity index (χ0v) is 12.5. The highest BCUT2D eigenvalue weighted by molar-refractivity contribution is 7.89. The molecule has 7 heteroatoms. The Labute approximate surface area is 124 Å². The Hall–Kier alpha value is -2.17. The Bertz CT molecular complexity index is 662. The zero-order valence-electron chi connectivity index (χ0n) is 11.7. The summed E-state index contributed by atoms with van der Waals surface area (Å²) in [5, 5.41) is 9.01. The third-order valence-electron chi connectivity index (χ3n) is 2.57. The zero-order chi connectivity index (χ0) is 15.9. The highest BCUT2D eigenvalue weighted by Crippen LogP contribution is 2.19. The number of hydrogen-bond donors (Lipinski definition) is 0. The van der Waals surface area contributed by atoms with Crippen LogP contribution in [0, 0.1) is 11.3 Å². The van der Waals surface area contributed by atoms with Gasteiger partial charge in [-0.15, -0.1) is 6.58 Å². The van der Waals surface area contributed by atoms with Crippen LogP contribution in [-0.2, 0) is 19.6 Å². The van der Waals surface area contributed by atoms with Crippen LogP contribution in [0.4, 0.5) is 0 Å². The summed E-state index contributed by atoms with van der Waals surface area (Å²) in [6.07, 6.45) is 1.37. The lowest BCUT2D eigenvalue weighted by molar-refractivity contribution is -0.143. The fourth-order valence-corrected chi connectivity index (χ4v) is 3.16. The van der Waals surface area contributed by atoms with Gasteiger partial charge >= 0.3 is 5.97 Å². The standard InChI is InChI=1S/C14H16N2O4S/c1-3-9-16(11-14(17)20-4-2)21(18,19)13-8-6-5-7-12(13)10-15/h3,5-8H,1,4,9,11H2,2H3. The molecule has 0 aromatic heterocycles. The van der Waals surface area contributed by atoms with Crippen molar-refractivity contribution >= 4 is 16.0 Å². The molecule has 6 nitrogen and oxygen atoms in total. The molecule has 0 fully saturated rings. The van der Waals surface area contributed by atoms with E-state index in [1.807, 2.05) is 6.07 Å². The molecule has 0 heterocycles. The van der Waals surface area contributed by atoms with Gasteiger partial charge in [0.1, 0.15) is 12.6 Å². The van der Waals surface area contributed by atoms with Crippen LogP contribution in [0.15, 0.2) is 41.8 Å². The molecule has 0 unspecified atom stereocenters. The smallest absolute Gasteiger partial charge is 0.321 e. The van der Waals surface area contributed by atoms with Gasteiger partial charge in [-0.05, 0) is 19.1 Å². The lowest BCUT2D eigenvalue weighted by Crippen LogP contribution is -2.37. The van der Waals surface area contributed by atoms with Crippen LogP contribution in [-0.4, -0.2) is 38.4 Å². The molecule has 1 aromatic rings. The summed E-state index contributed by atoms with van der Waals surface area (Å²) in [4.78, 5) is 11.4. The molecule has 21 heavy (non-hydrogen) atoms. The van der Waals surface area contributed by atoms with Crippen molar-refractivity contribution in [2.75, 3.05) is 19.7 Å². The number of nitriles is 1. The van der Waals surface area contributed by atoms with E-state index >= 15 is 0 Å². The summed E-state index contributed by atoms with van der Waals surface area (Å²) >= 11 is 0. The number of esters is 1. The molecule has 1 aromatic carbocycles. The van der Waals surface area contributed by atoms with E-state index in [0.29, 0.717) is 0 Å². The summed E-state index contributed by atoms with van der Waals surface area (Å²) in [6, 6.07) is 7.65. The molecule has 0 aliphatic carbocycles. The van der Waals surface area contributed by atoms with Gasteiger partial charge in [-0.2, -0.15) is 9.57 Å². The largest absolute Gasteiger partial charge is 0.465 e. The van der Waals surface area contributed by atoms with E-state index < -0.39 is 22.5 Å². The number of sulfonamides is 1. The van der Waals surface area contributed by atoms with Gasteiger partial charge in [0.2, 0.25) is 10.0 Å². The average Bonchev–Trinajstić information content (AvgIpc) is 2.47. The van der Waals surface area contributed by atoms with Crippen LogP contribution in [0.2, 0.25) is 0 Å². The van der Waals surface area contributed by atoms with Gasteiger partial charge in [0.05, 0.1) is 17.1 Å². The molecule has 112 valence electrons. The molecule has 0 aliphatic heterocycles. The van der Waals surface area contributed by atoms with Crippen LogP contribution in [0.3, 0.4) is 0 Å². The Morgan fingerprint density at radius 3 is 2.71 bits per heavy atom. The van der Waals surface area contributed by atoms with Gasteiger partial charge in [-0.3, -0.25) is 4.79 Å². The Morgan fingerprint density at radius 1 is 1.48 bits per heavy atom. The lowest BCUT2D eigenvalue weighted by atomic mass is 10.2. The first kappa shape index (κ1) is 16.9. The van der Waals surface area contributed by atoms with Crippen LogP contribution >= 0.6 is 0 Å². The topological polar surface area (TPSA) is 87.5 Å². The summed E-state index contributed by atoms with van der Waals surface area (Å²) in [5.74, 6) is -0.655. The van der Waals surface area contributed by atoms with Gasteiger partial charge in [0.25, 0.3) is 0 Å². The monoisotopic (exact) mass is 308 g/mol. The number of nitrogens with zero attached hydrogens (tertiary/aromatic N) is 2. The summed E-state index contributed by atoms with van der Waals surface area (Å²) in [5.41, 5.74) is 0.0235. The maximum absolute atomic E-state index is 12.6. The predicted molar refractivity (Wildman–Crippen MR) is 76.7 cm³/mol. The Morgan fingerprint density at radius 2 is 2.14 bits per heavy atom. The maximum atomic E-state index is 12.6. The van der Waals surface area contributed by atoms with E-state index in [0.717, 1.165) is 4.31 Å². The van der Waals surface area contributed by atoms with Gasteiger partial charge in [-0.25, -0.2) is 8.42 Å². The second-order valence-electron chi connectivity index (χ2n) is 4.00. The third-order valence-corrected chi connectivity index (χ3v) is 4.44. The Balaban J connectivity index is 3.19. The second-order valence-corrected chi connectivity index (χ2v) is 5.91. The van der Waals surface area contributed by atoms with Gasteiger partial charge in [0, 0.05) is 6.54 Å². The molecule has 0 bridgehead atoms. The van der Waals surface area contributed by atoms with Crippen molar-refractivity contribution in [3.05, 3.63) is 42.5 Å². The number of hydrogen-bond acceptors (Lipinski definition) is 5. The molecular weight excluding hydrogens is 292 g/mol. The first-order valence-electron chi connectivity index (χ1n) is 6.23. The van der Waals surface area contributed by atoms with E-state index in [9.17, 15) is 13.2 Å². The average molecular weight is 308 g/mol. The minimum Gasteiger partial charge on any atom is -0.465 e. The summed E-state index contributed by atoms with van der Waals surface area (Å²) in [6.45, 7) is 4.79. The molecule has 0 N–H and O–H groups in total. The van der Waals surface area contributed by atoms with E-state index in [1.165, 1.54) is 24.3 Å². The van der Waals surface area contributed by atoms with Crippen LogP contribution in [0.25, 0.3) is 0 Å². The number of ether oxygens (including phenoxy) is 1. The van der Waals surface area contributed by atoms with Crippen LogP contribution in [0.1, 0.15) is 12.5 Å². The summed E-state index contributed by atoms with van der Waals surface area (Å²) in [7, 11) is -3.98. The van der Waals surface area contributed by atoms with E-state index in [1.54, 1.807) is 13.0 Å². The maximum Gasteiger partial charge on any atom is 0.321 e. The third kappa shape index (κ3) is 4.15. The van der Waals surface area contributed by atoms with Gasteiger partial charge in [-0.1, -0.05) is 18.2 Å². The normalized spacial score (nSPS) is 10.9. The molecule has 0 atom stereocenters. The molecule has 0 aliphatic rings. The minimum atomic E-state index is -3.98. The molecular formula is C14H16N2O4S. The highest BCUT2D eigenvalue weighted by atomic mass is 32.2. The fourth-order valence-electron chi connectivity index (χ4n) is 1.67. The quantitative estimate of drug-likeness (QED) is 0.559. The van der Waals surface area contributed by atoms with Crippen molar-refractivity contribution in [1.29, 1.82) is 5.26 Å². The first-order valence-corrected chi connectivity index (χ1v) is 7.67. The molecule has 0 saturated carbocycles. The minimum absolute atomic E-state index is 0.0235. The van der Waals surface area contributed by atoms with Crippen LogP contribution < -0.4 is 0 Å². The molecule has 0 spiro atoms. The van der Waals surface area contributed by atoms with E-state index in [2.05, 4.69) is 6.58 Å². The van der Waals surface area contributed by atoms with Crippen molar-refractivity contribution < 1.29 is 17.9 Å². The van der Waals surface area contributed by atoms with Gasteiger partial charge < -0.3 is 4.74 Å². The first-order chi connectivity index (χ1) is 9.97. The van der Waals surface area contributed by atoms with Crippen molar-refractivity contribution in [3.8, 4) is 6.07 Å². The Kier molecular flexibility index (Phi) is 6.09. The predicted octanol–water partition coefficient (Wildman–Crippen LogP) is 1.30. The van der Waals surface area contributed by atoms with E-state index in [4.69, 9.17) is 10.00 Å². The number of carbonyl (C=O) groups is 1.